The lowest BCUT2D eigenvalue weighted by Crippen LogP contribution is -2.48. The van der Waals surface area contributed by atoms with Gasteiger partial charge in [0.15, 0.2) is 0 Å². The van der Waals surface area contributed by atoms with Gasteiger partial charge in [-0.25, -0.2) is 4.79 Å². The largest absolute Gasteiger partial charge is 0.534 e. The fraction of sp³-hybridized carbons (Fsp3) is 0.636. The molecular formula is C22H27Cl2F3N2O6S. The molecule has 0 saturated carbocycles. The number of alkyl halides is 3. The molecule has 1 atom stereocenters. The fourth-order valence-electron chi connectivity index (χ4n) is 4.24. The maximum atomic E-state index is 13.1. The Balaban J connectivity index is 1.61. The zero-order valence-electron chi connectivity index (χ0n) is 19.9. The highest BCUT2D eigenvalue weighted by Gasteiger charge is 2.48. The zero-order valence-corrected chi connectivity index (χ0v) is 22.2. The van der Waals surface area contributed by atoms with Crippen molar-refractivity contribution < 1.29 is 40.1 Å². The first kappa shape index (κ1) is 28.6. The Kier molecular flexibility index (Phi) is 8.31. The van der Waals surface area contributed by atoms with Gasteiger partial charge in [-0.05, 0) is 52.0 Å². The summed E-state index contributed by atoms with van der Waals surface area (Å²) >= 11 is 12.3. The third-order valence-electron chi connectivity index (χ3n) is 5.96. The first-order valence-corrected chi connectivity index (χ1v) is 13.4. The van der Waals surface area contributed by atoms with E-state index in [4.69, 9.17) is 27.9 Å². The van der Waals surface area contributed by atoms with Crippen LogP contribution in [-0.2, 0) is 26.1 Å². The quantitative estimate of drug-likeness (QED) is 0.362. The average Bonchev–Trinajstić information content (AvgIpc) is 3.08. The van der Waals surface area contributed by atoms with E-state index < -0.39 is 32.9 Å². The van der Waals surface area contributed by atoms with E-state index in [0.29, 0.717) is 44.5 Å². The van der Waals surface area contributed by atoms with Gasteiger partial charge in [0, 0.05) is 53.8 Å². The minimum absolute atomic E-state index is 0.0320. The number of ether oxygens (including phenoxy) is 1. The van der Waals surface area contributed by atoms with Crippen LogP contribution < -0.4 is 4.18 Å². The summed E-state index contributed by atoms with van der Waals surface area (Å²) in [7, 11) is -5.88. The van der Waals surface area contributed by atoms with E-state index >= 15 is 0 Å². The molecule has 1 aromatic rings. The molecule has 2 saturated heterocycles. The molecule has 8 nitrogen and oxygen atoms in total. The van der Waals surface area contributed by atoms with E-state index in [9.17, 15) is 31.2 Å². The molecule has 0 unspecified atom stereocenters. The molecular weight excluding hydrogens is 548 g/mol. The van der Waals surface area contributed by atoms with Crippen molar-refractivity contribution in [1.29, 1.82) is 0 Å². The number of halogens is 5. The average molecular weight is 575 g/mol. The number of rotatable bonds is 5. The van der Waals surface area contributed by atoms with Crippen LogP contribution in [-0.4, -0.2) is 67.0 Å². The number of carbonyl (C=O) groups excluding carboxylic acids is 2. The van der Waals surface area contributed by atoms with Crippen LogP contribution in [0.15, 0.2) is 12.1 Å². The topological polar surface area (TPSA) is 93.2 Å². The number of hydrogen-bond donors (Lipinski definition) is 0. The second-order valence-corrected chi connectivity index (χ2v) is 12.1. The van der Waals surface area contributed by atoms with Crippen molar-refractivity contribution in [3.8, 4) is 5.75 Å². The monoisotopic (exact) mass is 574 g/mol. The third kappa shape index (κ3) is 6.69. The van der Waals surface area contributed by atoms with Crippen LogP contribution in [0, 0.1) is 5.92 Å². The lowest BCUT2D eigenvalue weighted by atomic mass is 9.97. The summed E-state index contributed by atoms with van der Waals surface area (Å²) in [4.78, 5) is 28.8. The predicted octanol–water partition coefficient (Wildman–Crippen LogP) is 5.01. The van der Waals surface area contributed by atoms with Crippen molar-refractivity contribution in [3.05, 3.63) is 27.7 Å². The highest BCUT2D eigenvalue weighted by atomic mass is 35.5. The maximum absolute atomic E-state index is 13.1. The van der Waals surface area contributed by atoms with E-state index in [-0.39, 0.29) is 34.5 Å². The Morgan fingerprint density at radius 2 is 1.61 bits per heavy atom. The van der Waals surface area contributed by atoms with E-state index in [2.05, 4.69) is 4.18 Å². The van der Waals surface area contributed by atoms with Gasteiger partial charge in [0.1, 0.15) is 11.4 Å². The molecule has 2 aliphatic heterocycles. The SMILES string of the molecule is CC(C)(C)OC(=O)N1CCC(N2CC[C@@H](Cc3c(Cl)cc(OS(=O)(=O)C(F)(F)F)cc3Cl)C2=O)CC1. The van der Waals surface area contributed by atoms with Crippen molar-refractivity contribution >= 4 is 45.3 Å². The molecule has 202 valence electrons. The maximum Gasteiger partial charge on any atom is 0.534 e. The normalized spacial score (nSPS) is 20.1. The van der Waals surface area contributed by atoms with Crippen LogP contribution in [0.2, 0.25) is 10.0 Å². The van der Waals surface area contributed by atoms with E-state index in [1.54, 1.807) is 30.6 Å². The van der Waals surface area contributed by atoms with Gasteiger partial charge in [-0.3, -0.25) is 4.79 Å². The Labute approximate surface area is 217 Å². The Bertz CT molecular complexity index is 1090. The van der Waals surface area contributed by atoms with Crippen LogP contribution in [0.25, 0.3) is 0 Å². The highest BCUT2D eigenvalue weighted by molar-refractivity contribution is 7.88. The van der Waals surface area contributed by atoms with Crippen LogP contribution in [0.5, 0.6) is 5.75 Å². The summed E-state index contributed by atoms with van der Waals surface area (Å²) in [6.07, 6.45) is 1.50. The summed E-state index contributed by atoms with van der Waals surface area (Å²) in [6.45, 7) is 6.83. The standard InChI is InChI=1S/C22H27Cl2F3N2O6S/c1-21(2,3)34-20(31)28-7-5-14(6-8-28)29-9-4-13(19(29)30)10-16-17(23)11-15(12-18(16)24)35-36(32,33)22(25,26)27/h11-14H,4-10H2,1-3H3/t13-/m0/s1. The molecule has 3 rings (SSSR count). The van der Waals surface area contributed by atoms with E-state index in [1.165, 1.54) is 0 Å². The van der Waals surface area contributed by atoms with Gasteiger partial charge in [0.25, 0.3) is 0 Å². The number of nitrogens with zero attached hydrogens (tertiary/aromatic N) is 2. The molecule has 2 fully saturated rings. The van der Waals surface area contributed by atoms with Gasteiger partial charge in [0.05, 0.1) is 0 Å². The number of benzene rings is 1. The Morgan fingerprint density at radius 3 is 2.11 bits per heavy atom. The molecule has 0 radical (unpaired) electrons. The van der Waals surface area contributed by atoms with Crippen molar-refractivity contribution in [3.63, 3.8) is 0 Å². The molecule has 2 aliphatic rings. The predicted molar refractivity (Wildman–Crippen MR) is 126 cm³/mol. The lowest BCUT2D eigenvalue weighted by molar-refractivity contribution is -0.133. The van der Waals surface area contributed by atoms with Crippen LogP contribution in [0.1, 0.15) is 45.6 Å². The first-order chi connectivity index (χ1) is 16.5. The minimum Gasteiger partial charge on any atom is -0.444 e. The summed E-state index contributed by atoms with van der Waals surface area (Å²) in [5.74, 6) is -1.23. The molecule has 0 bridgehead atoms. The molecule has 0 spiro atoms. The zero-order chi connectivity index (χ0) is 27.1. The van der Waals surface area contributed by atoms with Gasteiger partial charge in [-0.1, -0.05) is 23.2 Å². The second-order valence-electron chi connectivity index (χ2n) is 9.77. The Morgan fingerprint density at radius 1 is 1.06 bits per heavy atom. The first-order valence-electron chi connectivity index (χ1n) is 11.3. The molecule has 2 heterocycles. The van der Waals surface area contributed by atoms with Crippen molar-refractivity contribution in [2.24, 2.45) is 5.92 Å². The van der Waals surface area contributed by atoms with Crippen LogP contribution >= 0.6 is 23.2 Å². The highest BCUT2D eigenvalue weighted by Crippen LogP contribution is 2.37. The third-order valence-corrected chi connectivity index (χ3v) is 7.62. The molecule has 1 aromatic carbocycles. The summed E-state index contributed by atoms with van der Waals surface area (Å²) in [5.41, 5.74) is -5.88. The summed E-state index contributed by atoms with van der Waals surface area (Å²) in [6, 6.07) is 1.82. The van der Waals surface area contributed by atoms with Gasteiger partial charge in [-0.15, -0.1) is 0 Å². The lowest BCUT2D eigenvalue weighted by Gasteiger charge is -2.37. The second kappa shape index (κ2) is 10.4. The van der Waals surface area contributed by atoms with Crippen molar-refractivity contribution in [2.45, 2.75) is 63.6 Å². The summed E-state index contributed by atoms with van der Waals surface area (Å²) < 4.78 is 69.7. The minimum atomic E-state index is -5.88. The number of carbonyl (C=O) groups is 2. The van der Waals surface area contributed by atoms with Crippen LogP contribution in [0.3, 0.4) is 0 Å². The molecule has 0 N–H and O–H groups in total. The Hall–Kier alpha value is -1.92. The van der Waals surface area contributed by atoms with E-state index in [1.807, 2.05) is 0 Å². The van der Waals surface area contributed by atoms with Crippen molar-refractivity contribution in [2.75, 3.05) is 19.6 Å². The molecule has 14 heteroatoms. The number of hydrogen-bond acceptors (Lipinski definition) is 6. The van der Waals surface area contributed by atoms with Gasteiger partial charge in [0.2, 0.25) is 5.91 Å². The van der Waals surface area contributed by atoms with Crippen molar-refractivity contribution in [1.82, 2.24) is 9.80 Å². The van der Waals surface area contributed by atoms with Crippen LogP contribution in [0.4, 0.5) is 18.0 Å². The molecule has 36 heavy (non-hydrogen) atoms. The van der Waals surface area contributed by atoms with Gasteiger partial charge < -0.3 is 18.7 Å². The molecule has 0 aliphatic carbocycles. The number of amides is 2. The molecule has 0 aromatic heterocycles. The summed E-state index contributed by atoms with van der Waals surface area (Å²) in [5, 5.41) is -0.210. The molecule has 2 amide bonds. The number of piperidine rings is 1. The van der Waals surface area contributed by atoms with Gasteiger partial charge in [-0.2, -0.15) is 21.6 Å². The number of likely N-dealkylation sites (tertiary alicyclic amines) is 2. The van der Waals surface area contributed by atoms with E-state index in [0.717, 1.165) is 12.1 Å². The van der Waals surface area contributed by atoms with Gasteiger partial charge >= 0.3 is 21.7 Å². The fourth-order valence-corrected chi connectivity index (χ4v) is 5.31. The smallest absolute Gasteiger partial charge is 0.444 e.